The van der Waals surface area contributed by atoms with E-state index < -0.39 is 11.4 Å². The van der Waals surface area contributed by atoms with Crippen molar-refractivity contribution in [2.24, 2.45) is 5.92 Å². The van der Waals surface area contributed by atoms with E-state index in [0.29, 0.717) is 31.8 Å². The minimum atomic E-state index is -0.971. The van der Waals surface area contributed by atoms with Crippen LogP contribution in [0.1, 0.15) is 41.6 Å². The fraction of sp³-hybridized carbons (Fsp3) is 0.571. The largest absolute Gasteiger partial charge is 0.378 e. The Morgan fingerprint density at radius 3 is 2.76 bits per heavy atom. The number of halogens is 1. The number of nitrogens with zero attached hydrogens (tertiary/aromatic N) is 2. The molecule has 29 heavy (non-hydrogen) atoms. The summed E-state index contributed by atoms with van der Waals surface area (Å²) in [7, 11) is 1.52. The number of amides is 2. The second kappa shape index (κ2) is 7.73. The summed E-state index contributed by atoms with van der Waals surface area (Å²) < 4.78 is 24.9. The Bertz CT molecular complexity index is 860. The van der Waals surface area contributed by atoms with Crippen LogP contribution in [0.2, 0.25) is 0 Å². The van der Waals surface area contributed by atoms with Crippen molar-refractivity contribution < 1.29 is 23.5 Å². The Labute approximate surface area is 168 Å². The van der Waals surface area contributed by atoms with E-state index >= 15 is 0 Å². The molecule has 0 spiro atoms. The van der Waals surface area contributed by atoms with Crippen molar-refractivity contribution in [3.05, 3.63) is 35.1 Å². The Hall–Kier alpha value is -2.50. The van der Waals surface area contributed by atoms with Crippen molar-refractivity contribution in [3.8, 4) is 6.07 Å². The van der Waals surface area contributed by atoms with Crippen LogP contribution in [0.25, 0.3) is 0 Å². The summed E-state index contributed by atoms with van der Waals surface area (Å²) in [6, 6.07) is 5.58. The van der Waals surface area contributed by atoms with Crippen molar-refractivity contribution >= 4 is 11.8 Å². The monoisotopic (exact) mass is 401 g/mol. The minimum absolute atomic E-state index is 0.102. The molecule has 0 unspecified atom stereocenters. The maximum Gasteiger partial charge on any atom is 0.254 e. The Kier molecular flexibility index (Phi) is 5.28. The lowest BCUT2D eigenvalue weighted by molar-refractivity contribution is -0.151. The van der Waals surface area contributed by atoms with Crippen LogP contribution in [0.4, 0.5) is 4.39 Å². The number of likely N-dealkylation sites (tertiary alicyclic amines) is 1. The van der Waals surface area contributed by atoms with E-state index in [2.05, 4.69) is 5.32 Å². The molecule has 0 bridgehead atoms. The smallest absolute Gasteiger partial charge is 0.254 e. The van der Waals surface area contributed by atoms with Gasteiger partial charge in [0, 0.05) is 57.2 Å². The molecule has 0 radical (unpaired) electrons. The van der Waals surface area contributed by atoms with Gasteiger partial charge in [0.05, 0.1) is 17.7 Å². The van der Waals surface area contributed by atoms with Gasteiger partial charge in [0.15, 0.2) is 0 Å². The first-order valence-electron chi connectivity index (χ1n) is 9.93. The zero-order valence-corrected chi connectivity index (χ0v) is 16.3. The van der Waals surface area contributed by atoms with E-state index in [0.717, 1.165) is 31.6 Å². The normalized spacial score (nSPS) is 27.5. The molecule has 3 fully saturated rings. The topological polar surface area (TPSA) is 91.7 Å². The minimum Gasteiger partial charge on any atom is -0.378 e. The SMILES string of the molecule is COC1(C(=O)N[C@@H]2C[C@H]3OCC[C@@H]23)CCN(C(=O)c2cc(F)cc(C#N)c2)CC1. The van der Waals surface area contributed by atoms with Gasteiger partial charge >= 0.3 is 0 Å². The quantitative estimate of drug-likeness (QED) is 0.828. The molecule has 2 saturated heterocycles. The van der Waals surface area contributed by atoms with Gasteiger partial charge in [-0.15, -0.1) is 0 Å². The van der Waals surface area contributed by atoms with Crippen LogP contribution in [0.15, 0.2) is 18.2 Å². The fourth-order valence-corrected chi connectivity index (χ4v) is 4.62. The Balaban J connectivity index is 1.39. The first-order chi connectivity index (χ1) is 14.0. The van der Waals surface area contributed by atoms with Gasteiger partial charge in [-0.2, -0.15) is 5.26 Å². The maximum atomic E-state index is 13.7. The van der Waals surface area contributed by atoms with E-state index in [4.69, 9.17) is 14.7 Å². The number of rotatable bonds is 4. The molecule has 8 heteroatoms. The maximum absolute atomic E-state index is 13.7. The van der Waals surface area contributed by atoms with E-state index in [1.54, 1.807) is 4.90 Å². The van der Waals surface area contributed by atoms with Crippen LogP contribution in [0.3, 0.4) is 0 Å². The van der Waals surface area contributed by atoms with E-state index in [1.165, 1.54) is 13.2 Å². The number of carbonyl (C=O) groups is 2. The second-order valence-corrected chi connectivity index (χ2v) is 8.01. The summed E-state index contributed by atoms with van der Waals surface area (Å²) in [6.07, 6.45) is 2.79. The summed E-state index contributed by atoms with van der Waals surface area (Å²) >= 11 is 0. The molecule has 2 heterocycles. The number of piperidine rings is 1. The van der Waals surface area contributed by atoms with Gasteiger partial charge in [-0.3, -0.25) is 9.59 Å². The van der Waals surface area contributed by atoms with Gasteiger partial charge in [-0.25, -0.2) is 4.39 Å². The summed E-state index contributed by atoms with van der Waals surface area (Å²) in [5, 5.41) is 12.1. The Morgan fingerprint density at radius 2 is 2.10 bits per heavy atom. The molecule has 154 valence electrons. The van der Waals surface area contributed by atoms with Crippen molar-refractivity contribution in [3.63, 3.8) is 0 Å². The van der Waals surface area contributed by atoms with Gasteiger partial charge < -0.3 is 19.7 Å². The van der Waals surface area contributed by atoms with Crippen molar-refractivity contribution in [1.82, 2.24) is 10.2 Å². The molecule has 1 aromatic rings. The highest BCUT2D eigenvalue weighted by atomic mass is 19.1. The second-order valence-electron chi connectivity index (χ2n) is 8.01. The van der Waals surface area contributed by atoms with Crippen LogP contribution in [-0.2, 0) is 14.3 Å². The molecule has 7 nitrogen and oxygen atoms in total. The molecule has 1 N–H and O–H groups in total. The molecule has 1 saturated carbocycles. The van der Waals surface area contributed by atoms with E-state index in [-0.39, 0.29) is 35.1 Å². The lowest BCUT2D eigenvalue weighted by Gasteiger charge is -2.44. The molecule has 3 aliphatic rings. The third kappa shape index (κ3) is 3.61. The van der Waals surface area contributed by atoms with Gasteiger partial charge in [-0.05, 0) is 31.0 Å². The molecule has 2 amide bonds. The molecule has 3 atom stereocenters. The standard InChI is InChI=1S/C21H24FN3O4/c1-28-21(20(27)24-17-11-18-16(17)2-7-29-18)3-5-25(6-4-21)19(26)14-8-13(12-23)9-15(22)10-14/h8-10,16-18H,2-7,11H2,1H3,(H,24,27)/t16-,17+,18+/m0/s1. The van der Waals surface area contributed by atoms with Crippen molar-refractivity contribution in [1.29, 1.82) is 5.26 Å². The van der Waals surface area contributed by atoms with Gasteiger partial charge in [0.25, 0.3) is 11.8 Å². The molecular weight excluding hydrogens is 377 g/mol. The number of fused-ring (bicyclic) bond motifs is 1. The number of nitrogens with one attached hydrogen (secondary N) is 1. The van der Waals surface area contributed by atoms with Gasteiger partial charge in [0.1, 0.15) is 11.4 Å². The number of ether oxygens (including phenoxy) is 2. The van der Waals surface area contributed by atoms with Crippen LogP contribution >= 0.6 is 0 Å². The molecule has 1 aliphatic carbocycles. The van der Waals surface area contributed by atoms with Gasteiger partial charge in [0.2, 0.25) is 0 Å². The molecule has 1 aromatic carbocycles. The number of hydrogen-bond donors (Lipinski definition) is 1. The summed E-state index contributed by atoms with van der Waals surface area (Å²) in [4.78, 5) is 27.3. The fourth-order valence-electron chi connectivity index (χ4n) is 4.62. The van der Waals surface area contributed by atoms with Crippen molar-refractivity contribution in [2.45, 2.75) is 43.4 Å². The summed E-state index contributed by atoms with van der Waals surface area (Å²) in [5.74, 6) is -0.724. The predicted molar refractivity (Wildman–Crippen MR) is 100 cm³/mol. The first-order valence-corrected chi connectivity index (χ1v) is 9.93. The molecule has 4 rings (SSSR count). The molecule has 2 aliphatic heterocycles. The Morgan fingerprint density at radius 1 is 1.34 bits per heavy atom. The highest BCUT2D eigenvalue weighted by Gasteiger charge is 2.49. The summed E-state index contributed by atoms with van der Waals surface area (Å²) in [6.45, 7) is 1.39. The van der Waals surface area contributed by atoms with Crippen LogP contribution in [0.5, 0.6) is 0 Å². The average Bonchev–Trinajstić information content (AvgIpc) is 3.11. The highest BCUT2D eigenvalue weighted by molar-refractivity contribution is 5.95. The van der Waals surface area contributed by atoms with Crippen LogP contribution in [-0.4, -0.2) is 61.3 Å². The van der Waals surface area contributed by atoms with Gasteiger partial charge in [-0.1, -0.05) is 0 Å². The lowest BCUT2D eigenvalue weighted by atomic mass is 9.75. The van der Waals surface area contributed by atoms with Crippen molar-refractivity contribution in [2.75, 3.05) is 26.8 Å². The lowest BCUT2D eigenvalue weighted by Crippen LogP contribution is -2.61. The first kappa shape index (κ1) is 19.8. The molecular formula is C21H24FN3O4. The third-order valence-electron chi connectivity index (χ3n) is 6.52. The summed E-state index contributed by atoms with van der Waals surface area (Å²) in [5.41, 5.74) is -0.732. The number of hydrogen-bond acceptors (Lipinski definition) is 5. The number of methoxy groups -OCH3 is 1. The number of carbonyl (C=O) groups excluding carboxylic acids is 2. The number of benzene rings is 1. The predicted octanol–water partition coefficient (Wildman–Crippen LogP) is 1.61. The van der Waals surface area contributed by atoms with E-state index in [9.17, 15) is 14.0 Å². The zero-order valence-electron chi connectivity index (χ0n) is 16.3. The average molecular weight is 401 g/mol. The zero-order chi connectivity index (χ0) is 20.6. The van der Waals surface area contributed by atoms with Crippen LogP contribution < -0.4 is 5.32 Å². The third-order valence-corrected chi connectivity index (χ3v) is 6.52. The van der Waals surface area contributed by atoms with Crippen LogP contribution in [0, 0.1) is 23.1 Å². The highest BCUT2D eigenvalue weighted by Crippen LogP contribution is 2.39. The van der Waals surface area contributed by atoms with E-state index in [1.807, 2.05) is 6.07 Å². The molecule has 0 aromatic heterocycles. The number of nitriles is 1.